The van der Waals surface area contributed by atoms with Crippen molar-refractivity contribution in [1.82, 2.24) is 10.6 Å². The number of carbonyl (C=O) groups excluding carboxylic acids is 2. The van der Waals surface area contributed by atoms with E-state index in [0.717, 1.165) is 12.1 Å². The monoisotopic (exact) mass is 286 g/mol. The second-order valence-electron chi connectivity index (χ2n) is 6.22. The molecule has 0 radical (unpaired) electrons. The molecule has 0 aromatic heterocycles. The van der Waals surface area contributed by atoms with Gasteiger partial charge in [-0.1, -0.05) is 23.8 Å². The van der Waals surface area contributed by atoms with Gasteiger partial charge in [-0.05, 0) is 32.8 Å². The smallest absolute Gasteiger partial charge is 0.231 e. The summed E-state index contributed by atoms with van der Waals surface area (Å²) >= 11 is 0. The summed E-state index contributed by atoms with van der Waals surface area (Å²) in [6.45, 7) is 4.62. The minimum Gasteiger partial charge on any atom is -0.355 e. The first-order valence-corrected chi connectivity index (χ1v) is 7.67. The van der Waals surface area contributed by atoms with E-state index < -0.39 is 5.41 Å². The molecule has 0 saturated carbocycles. The SMILES string of the molecule is CC=C(C)C1CNC(=O)CCC12C(=O)NC1=CC=CCC12. The van der Waals surface area contributed by atoms with Crippen LogP contribution in [-0.4, -0.2) is 18.4 Å². The summed E-state index contributed by atoms with van der Waals surface area (Å²) in [5.74, 6) is 0.376. The molecule has 0 bridgehead atoms. The maximum absolute atomic E-state index is 12.9. The molecule has 0 aromatic carbocycles. The lowest BCUT2D eigenvalue weighted by molar-refractivity contribution is -0.131. The summed E-state index contributed by atoms with van der Waals surface area (Å²) in [6, 6.07) is 0. The fourth-order valence-electron chi connectivity index (χ4n) is 4.09. The minimum absolute atomic E-state index is 0.0531. The van der Waals surface area contributed by atoms with E-state index in [4.69, 9.17) is 0 Å². The van der Waals surface area contributed by atoms with Gasteiger partial charge in [0.15, 0.2) is 0 Å². The minimum atomic E-state index is -0.494. The third-order valence-corrected chi connectivity index (χ3v) is 5.36. The average molecular weight is 286 g/mol. The molecule has 2 amide bonds. The Balaban J connectivity index is 2.09. The van der Waals surface area contributed by atoms with E-state index >= 15 is 0 Å². The molecule has 3 rings (SSSR count). The van der Waals surface area contributed by atoms with Crippen LogP contribution in [0, 0.1) is 17.3 Å². The molecule has 1 spiro atoms. The summed E-state index contributed by atoms with van der Waals surface area (Å²) in [6.07, 6.45) is 10.1. The molecule has 2 aliphatic heterocycles. The fourth-order valence-corrected chi connectivity index (χ4v) is 4.09. The van der Waals surface area contributed by atoms with Gasteiger partial charge in [-0.25, -0.2) is 0 Å². The molecular formula is C17H22N2O2. The Bertz CT molecular complexity index is 573. The normalized spacial score (nSPS) is 35.9. The van der Waals surface area contributed by atoms with Crippen molar-refractivity contribution in [3.63, 3.8) is 0 Å². The number of carbonyl (C=O) groups is 2. The van der Waals surface area contributed by atoms with Gasteiger partial charge < -0.3 is 10.6 Å². The zero-order valence-electron chi connectivity index (χ0n) is 12.6. The van der Waals surface area contributed by atoms with Crippen LogP contribution in [-0.2, 0) is 9.59 Å². The predicted octanol–water partition coefficient (Wildman–Crippen LogP) is 2.05. The van der Waals surface area contributed by atoms with E-state index in [9.17, 15) is 9.59 Å². The Morgan fingerprint density at radius 2 is 2.24 bits per heavy atom. The number of hydrogen-bond acceptors (Lipinski definition) is 2. The van der Waals surface area contributed by atoms with Gasteiger partial charge in [-0.15, -0.1) is 0 Å². The molecule has 0 aromatic rings. The van der Waals surface area contributed by atoms with Gasteiger partial charge in [-0.2, -0.15) is 0 Å². The molecule has 2 heterocycles. The van der Waals surface area contributed by atoms with Gasteiger partial charge in [0, 0.05) is 30.5 Å². The van der Waals surface area contributed by atoms with E-state index in [-0.39, 0.29) is 23.7 Å². The molecule has 112 valence electrons. The molecule has 3 atom stereocenters. The summed E-state index contributed by atoms with van der Waals surface area (Å²) in [4.78, 5) is 24.7. The lowest BCUT2D eigenvalue weighted by Gasteiger charge is -2.39. The molecule has 3 unspecified atom stereocenters. The number of amides is 2. The van der Waals surface area contributed by atoms with Crippen molar-refractivity contribution in [3.8, 4) is 0 Å². The summed E-state index contributed by atoms with van der Waals surface area (Å²) in [5, 5.41) is 6.05. The van der Waals surface area contributed by atoms with Crippen molar-refractivity contribution < 1.29 is 9.59 Å². The van der Waals surface area contributed by atoms with Crippen LogP contribution in [0.5, 0.6) is 0 Å². The number of fused-ring (bicyclic) bond motifs is 2. The third kappa shape index (κ3) is 2.04. The maximum atomic E-state index is 12.9. The predicted molar refractivity (Wildman–Crippen MR) is 81.1 cm³/mol. The van der Waals surface area contributed by atoms with E-state index in [2.05, 4.69) is 29.7 Å². The third-order valence-electron chi connectivity index (χ3n) is 5.36. The highest BCUT2D eigenvalue weighted by atomic mass is 16.2. The van der Waals surface area contributed by atoms with Crippen LogP contribution in [0.15, 0.2) is 35.6 Å². The summed E-state index contributed by atoms with van der Waals surface area (Å²) in [7, 11) is 0. The quantitative estimate of drug-likeness (QED) is 0.725. The zero-order valence-corrected chi connectivity index (χ0v) is 12.6. The van der Waals surface area contributed by atoms with Crippen molar-refractivity contribution in [2.45, 2.75) is 33.1 Å². The molecule has 4 heteroatoms. The van der Waals surface area contributed by atoms with Crippen LogP contribution in [0.25, 0.3) is 0 Å². The van der Waals surface area contributed by atoms with Gasteiger partial charge in [-0.3, -0.25) is 9.59 Å². The molecule has 2 N–H and O–H groups in total. The maximum Gasteiger partial charge on any atom is 0.231 e. The average Bonchev–Trinajstić information content (AvgIpc) is 2.65. The standard InChI is InChI=1S/C17H22N2O2/c1-3-11(2)13-10-18-15(20)8-9-17(13)12-6-4-5-7-14(12)19-16(17)21/h3-5,7,12-13H,6,8-10H2,1-2H3,(H,18,20)(H,19,21). The van der Waals surface area contributed by atoms with Crippen LogP contribution < -0.4 is 10.6 Å². The Kier molecular flexibility index (Phi) is 3.47. The first kappa shape index (κ1) is 14.1. The van der Waals surface area contributed by atoms with Crippen molar-refractivity contribution in [2.24, 2.45) is 17.3 Å². The molecule has 2 saturated heterocycles. The Morgan fingerprint density at radius 1 is 1.43 bits per heavy atom. The number of allylic oxidation sites excluding steroid dienone is 5. The van der Waals surface area contributed by atoms with E-state index in [1.807, 2.05) is 19.1 Å². The molecule has 2 fully saturated rings. The molecular weight excluding hydrogens is 264 g/mol. The second kappa shape index (κ2) is 5.17. The Hall–Kier alpha value is -1.84. The highest BCUT2D eigenvalue weighted by molar-refractivity contribution is 5.91. The van der Waals surface area contributed by atoms with Crippen molar-refractivity contribution in [1.29, 1.82) is 0 Å². The number of rotatable bonds is 1. The van der Waals surface area contributed by atoms with Crippen LogP contribution in [0.3, 0.4) is 0 Å². The van der Waals surface area contributed by atoms with Crippen molar-refractivity contribution in [3.05, 3.63) is 35.6 Å². The summed E-state index contributed by atoms with van der Waals surface area (Å²) < 4.78 is 0. The highest BCUT2D eigenvalue weighted by Crippen LogP contribution is 2.53. The number of hydrogen-bond donors (Lipinski definition) is 2. The van der Waals surface area contributed by atoms with Gasteiger partial charge in [0.1, 0.15) is 0 Å². The molecule has 1 aliphatic carbocycles. The van der Waals surface area contributed by atoms with E-state index in [0.29, 0.717) is 19.4 Å². The summed E-state index contributed by atoms with van der Waals surface area (Å²) in [5.41, 5.74) is 1.71. The van der Waals surface area contributed by atoms with Crippen LogP contribution in [0.2, 0.25) is 0 Å². The second-order valence-corrected chi connectivity index (χ2v) is 6.22. The fraction of sp³-hybridized carbons (Fsp3) is 0.529. The lowest BCUT2D eigenvalue weighted by Crippen LogP contribution is -2.45. The largest absolute Gasteiger partial charge is 0.355 e. The van der Waals surface area contributed by atoms with Gasteiger partial charge >= 0.3 is 0 Å². The molecule has 21 heavy (non-hydrogen) atoms. The first-order valence-electron chi connectivity index (χ1n) is 7.67. The van der Waals surface area contributed by atoms with Crippen LogP contribution >= 0.6 is 0 Å². The van der Waals surface area contributed by atoms with E-state index in [1.54, 1.807) is 0 Å². The lowest BCUT2D eigenvalue weighted by atomic mass is 9.61. The van der Waals surface area contributed by atoms with Gasteiger partial charge in [0.05, 0.1) is 5.41 Å². The van der Waals surface area contributed by atoms with Crippen molar-refractivity contribution >= 4 is 11.8 Å². The molecule has 3 aliphatic rings. The van der Waals surface area contributed by atoms with Crippen LogP contribution in [0.4, 0.5) is 0 Å². The van der Waals surface area contributed by atoms with E-state index in [1.165, 1.54) is 5.57 Å². The Labute approximate surface area is 125 Å². The van der Waals surface area contributed by atoms with Gasteiger partial charge in [0.25, 0.3) is 0 Å². The Morgan fingerprint density at radius 3 is 3.00 bits per heavy atom. The zero-order chi connectivity index (χ0) is 15.0. The highest BCUT2D eigenvalue weighted by Gasteiger charge is 2.57. The molecule has 4 nitrogen and oxygen atoms in total. The van der Waals surface area contributed by atoms with Crippen molar-refractivity contribution in [2.75, 3.05) is 6.54 Å². The number of nitrogens with one attached hydrogen (secondary N) is 2. The van der Waals surface area contributed by atoms with Crippen LogP contribution in [0.1, 0.15) is 33.1 Å². The van der Waals surface area contributed by atoms with Gasteiger partial charge in [0.2, 0.25) is 11.8 Å². The first-order chi connectivity index (χ1) is 10.1. The topological polar surface area (TPSA) is 58.2 Å².